The average molecular weight is 303 g/mol. The molecule has 0 bridgehead atoms. The first kappa shape index (κ1) is 15.1. The number of anilines is 1. The minimum absolute atomic E-state index is 0.182. The fourth-order valence-electron chi connectivity index (χ4n) is 1.65. The lowest BCUT2D eigenvalue weighted by molar-refractivity contribution is -0.137. The number of hydrogen-bond acceptors (Lipinski definition) is 2. The molecule has 7 heteroatoms. The van der Waals surface area contributed by atoms with Gasteiger partial charge in [-0.05, 0) is 17.7 Å². The molecule has 0 fully saturated rings. The topological polar surface area (TPSA) is 35.2 Å². The first-order valence-corrected chi connectivity index (χ1v) is 5.81. The summed E-state index contributed by atoms with van der Waals surface area (Å²) < 4.78 is 69.2. The Morgan fingerprint density at radius 2 is 1.71 bits per heavy atom. The van der Waals surface area contributed by atoms with E-state index < -0.39 is 29.1 Å². The number of nitrogens with two attached hydrogens (primary N) is 1. The fourth-order valence-corrected chi connectivity index (χ4v) is 1.65. The molecule has 0 saturated heterocycles. The van der Waals surface area contributed by atoms with Crippen molar-refractivity contribution < 1.29 is 26.7 Å². The van der Waals surface area contributed by atoms with Gasteiger partial charge in [0.25, 0.3) is 0 Å². The molecule has 2 N–H and O–H groups in total. The van der Waals surface area contributed by atoms with E-state index in [1.165, 1.54) is 12.1 Å². The van der Waals surface area contributed by atoms with Crippen LogP contribution in [0.15, 0.2) is 36.4 Å². The Balaban J connectivity index is 2.15. The van der Waals surface area contributed by atoms with Crippen molar-refractivity contribution in [1.82, 2.24) is 0 Å². The molecule has 0 amide bonds. The minimum Gasteiger partial charge on any atom is -0.486 e. The standard InChI is InChI=1S/C14H10F5NO/c15-10-6-13(11(16)5-12(10)20)21-7-8-2-1-3-9(4-8)14(17,18)19/h1-6H,7,20H2. The lowest BCUT2D eigenvalue weighted by Gasteiger charge is -2.11. The number of hydrogen-bond donors (Lipinski definition) is 1. The molecule has 0 aliphatic carbocycles. The SMILES string of the molecule is Nc1cc(F)c(OCc2cccc(C(F)(F)F)c2)cc1F. The van der Waals surface area contributed by atoms with Gasteiger partial charge in [0, 0.05) is 12.1 Å². The molecule has 2 aromatic carbocycles. The summed E-state index contributed by atoms with van der Waals surface area (Å²) in [4.78, 5) is 0. The summed E-state index contributed by atoms with van der Waals surface area (Å²) >= 11 is 0. The molecule has 0 saturated carbocycles. The second-order valence-corrected chi connectivity index (χ2v) is 4.29. The van der Waals surface area contributed by atoms with Crippen molar-refractivity contribution >= 4 is 5.69 Å². The maximum Gasteiger partial charge on any atom is 0.416 e. The highest BCUT2D eigenvalue weighted by molar-refractivity contribution is 5.44. The van der Waals surface area contributed by atoms with Gasteiger partial charge in [-0.2, -0.15) is 13.2 Å². The van der Waals surface area contributed by atoms with Crippen LogP contribution in [-0.2, 0) is 12.8 Å². The van der Waals surface area contributed by atoms with Crippen molar-refractivity contribution in [3.05, 3.63) is 59.2 Å². The van der Waals surface area contributed by atoms with Gasteiger partial charge in [0.1, 0.15) is 12.4 Å². The highest BCUT2D eigenvalue weighted by Gasteiger charge is 2.30. The van der Waals surface area contributed by atoms with Gasteiger partial charge >= 0.3 is 6.18 Å². The van der Waals surface area contributed by atoms with Crippen LogP contribution in [-0.4, -0.2) is 0 Å². The lowest BCUT2D eigenvalue weighted by Crippen LogP contribution is -2.06. The number of nitrogen functional groups attached to an aromatic ring is 1. The zero-order valence-corrected chi connectivity index (χ0v) is 10.5. The van der Waals surface area contributed by atoms with Gasteiger partial charge in [0.15, 0.2) is 11.6 Å². The number of benzene rings is 2. The number of rotatable bonds is 3. The molecule has 2 nitrogen and oxygen atoms in total. The van der Waals surface area contributed by atoms with E-state index in [0.717, 1.165) is 24.3 Å². The van der Waals surface area contributed by atoms with Crippen molar-refractivity contribution in [2.45, 2.75) is 12.8 Å². The van der Waals surface area contributed by atoms with Gasteiger partial charge in [-0.15, -0.1) is 0 Å². The van der Waals surface area contributed by atoms with Crippen molar-refractivity contribution in [2.75, 3.05) is 5.73 Å². The maximum atomic E-state index is 13.5. The second-order valence-electron chi connectivity index (χ2n) is 4.29. The number of ether oxygens (including phenoxy) is 1. The third kappa shape index (κ3) is 3.62. The molecule has 112 valence electrons. The van der Waals surface area contributed by atoms with Crippen LogP contribution in [0, 0.1) is 11.6 Å². The second kappa shape index (κ2) is 5.59. The Labute approximate surface area is 116 Å². The van der Waals surface area contributed by atoms with Crippen LogP contribution in [0.2, 0.25) is 0 Å². The highest BCUT2D eigenvalue weighted by atomic mass is 19.4. The largest absolute Gasteiger partial charge is 0.486 e. The summed E-state index contributed by atoms with van der Waals surface area (Å²) in [5, 5.41) is 0. The summed E-state index contributed by atoms with van der Waals surface area (Å²) in [6, 6.07) is 5.88. The van der Waals surface area contributed by atoms with Gasteiger partial charge < -0.3 is 10.5 Å². The predicted octanol–water partition coefficient (Wildman–Crippen LogP) is 4.14. The molecule has 0 aliphatic rings. The Kier molecular flexibility index (Phi) is 4.02. The van der Waals surface area contributed by atoms with Crippen molar-refractivity contribution in [1.29, 1.82) is 0 Å². The van der Waals surface area contributed by atoms with E-state index in [2.05, 4.69) is 0 Å². The van der Waals surface area contributed by atoms with Crippen LogP contribution >= 0.6 is 0 Å². The van der Waals surface area contributed by atoms with Crippen LogP contribution in [0.25, 0.3) is 0 Å². The molecule has 0 heterocycles. The number of alkyl halides is 3. The third-order valence-corrected chi connectivity index (χ3v) is 2.70. The van der Waals surface area contributed by atoms with E-state index >= 15 is 0 Å². The van der Waals surface area contributed by atoms with Crippen molar-refractivity contribution in [2.24, 2.45) is 0 Å². The van der Waals surface area contributed by atoms with Gasteiger partial charge in [0.2, 0.25) is 0 Å². The van der Waals surface area contributed by atoms with E-state index in [9.17, 15) is 22.0 Å². The summed E-state index contributed by atoms with van der Waals surface area (Å²) in [5.74, 6) is -2.17. The van der Waals surface area contributed by atoms with Gasteiger partial charge in [-0.25, -0.2) is 8.78 Å². The Bertz CT molecular complexity index is 654. The predicted molar refractivity (Wildman–Crippen MR) is 66.5 cm³/mol. The van der Waals surface area contributed by atoms with Crippen molar-refractivity contribution in [3.63, 3.8) is 0 Å². The third-order valence-electron chi connectivity index (χ3n) is 2.70. The van der Waals surface area contributed by atoms with Crippen LogP contribution in [0.3, 0.4) is 0 Å². The monoisotopic (exact) mass is 303 g/mol. The quantitative estimate of drug-likeness (QED) is 0.683. The normalized spacial score (nSPS) is 11.5. The summed E-state index contributed by atoms with van der Waals surface area (Å²) in [6.45, 7) is -0.329. The van der Waals surface area contributed by atoms with Gasteiger partial charge in [-0.3, -0.25) is 0 Å². The smallest absolute Gasteiger partial charge is 0.416 e. The van der Waals surface area contributed by atoms with E-state index in [4.69, 9.17) is 10.5 Å². The van der Waals surface area contributed by atoms with Gasteiger partial charge in [-0.1, -0.05) is 12.1 Å². The van der Waals surface area contributed by atoms with E-state index in [0.29, 0.717) is 0 Å². The van der Waals surface area contributed by atoms with Crippen LogP contribution in [0.1, 0.15) is 11.1 Å². The molecule has 0 atom stereocenters. The Morgan fingerprint density at radius 1 is 1.00 bits per heavy atom. The van der Waals surface area contributed by atoms with E-state index in [1.807, 2.05) is 0 Å². The van der Waals surface area contributed by atoms with Crippen LogP contribution in [0.5, 0.6) is 5.75 Å². The lowest BCUT2D eigenvalue weighted by atomic mass is 10.1. The summed E-state index contributed by atoms with van der Waals surface area (Å²) in [5.41, 5.74) is 4.13. The maximum absolute atomic E-state index is 13.5. The first-order chi connectivity index (χ1) is 9.77. The molecule has 2 aromatic rings. The Morgan fingerprint density at radius 3 is 2.38 bits per heavy atom. The molecule has 0 unspecified atom stereocenters. The molecular weight excluding hydrogens is 293 g/mol. The number of halogens is 5. The average Bonchev–Trinajstić information content (AvgIpc) is 2.41. The molecular formula is C14H10F5NO. The van der Waals surface area contributed by atoms with Gasteiger partial charge in [0.05, 0.1) is 11.3 Å². The zero-order valence-electron chi connectivity index (χ0n) is 10.5. The molecule has 0 aliphatic heterocycles. The molecule has 21 heavy (non-hydrogen) atoms. The molecule has 0 spiro atoms. The van der Waals surface area contributed by atoms with E-state index in [1.54, 1.807) is 0 Å². The summed E-state index contributed by atoms with van der Waals surface area (Å²) in [7, 11) is 0. The molecule has 2 rings (SSSR count). The minimum atomic E-state index is -4.48. The van der Waals surface area contributed by atoms with Crippen molar-refractivity contribution in [3.8, 4) is 5.75 Å². The van der Waals surface area contributed by atoms with E-state index in [-0.39, 0.29) is 17.9 Å². The molecule has 0 radical (unpaired) electrons. The fraction of sp³-hybridized carbons (Fsp3) is 0.143. The molecule has 0 aromatic heterocycles. The zero-order chi connectivity index (χ0) is 15.6. The Hall–Kier alpha value is -2.31. The van der Waals surface area contributed by atoms with Crippen LogP contribution < -0.4 is 10.5 Å². The highest BCUT2D eigenvalue weighted by Crippen LogP contribution is 2.30. The van der Waals surface area contributed by atoms with Crippen LogP contribution in [0.4, 0.5) is 27.6 Å². The summed E-state index contributed by atoms with van der Waals surface area (Å²) in [6.07, 6.45) is -4.48. The first-order valence-electron chi connectivity index (χ1n) is 5.81.